The third-order valence-electron chi connectivity index (χ3n) is 6.25. The topological polar surface area (TPSA) is 83.8 Å². The first-order chi connectivity index (χ1) is 18.0. The molecule has 0 bridgehead atoms. The van der Waals surface area contributed by atoms with E-state index in [9.17, 15) is 13.2 Å². The van der Waals surface area contributed by atoms with Gasteiger partial charge in [0.2, 0.25) is 10.0 Å². The third-order valence-corrected chi connectivity index (χ3v) is 7.65. The molecule has 0 saturated carbocycles. The summed E-state index contributed by atoms with van der Waals surface area (Å²) in [7, 11) is -3.56. The van der Waals surface area contributed by atoms with Gasteiger partial charge in [-0.15, -0.1) is 0 Å². The summed E-state index contributed by atoms with van der Waals surface area (Å²) in [5, 5.41) is 4.73. The molecule has 0 spiro atoms. The summed E-state index contributed by atoms with van der Waals surface area (Å²) in [6.45, 7) is 6.26. The quantitative estimate of drug-likeness (QED) is 0.223. The second-order valence-electron chi connectivity index (χ2n) is 9.09. The predicted octanol–water partition coefficient (Wildman–Crippen LogP) is 5.79. The summed E-state index contributed by atoms with van der Waals surface area (Å²) in [5.74, 6) is -0.399. The van der Waals surface area contributed by atoms with Crippen LogP contribution < -0.4 is 9.73 Å². The fourth-order valence-corrected chi connectivity index (χ4v) is 5.28. The van der Waals surface area contributed by atoms with Crippen LogP contribution in [0, 0.1) is 20.8 Å². The van der Waals surface area contributed by atoms with Gasteiger partial charge in [-0.25, -0.2) is 13.8 Å². The Bertz CT molecular complexity index is 1590. The van der Waals surface area contributed by atoms with Crippen LogP contribution >= 0.6 is 11.6 Å². The van der Waals surface area contributed by atoms with Crippen LogP contribution in [0.3, 0.4) is 0 Å². The fraction of sp³-hybridized carbons (Fsp3) is 0.172. The maximum atomic E-state index is 12.7. The molecule has 0 aliphatic rings. The average Bonchev–Trinajstić information content (AvgIpc) is 3.16. The molecule has 1 aromatic heterocycles. The number of hydrazone groups is 1. The lowest BCUT2D eigenvalue weighted by atomic mass is 10.2. The molecule has 1 heterocycles. The highest BCUT2D eigenvalue weighted by atomic mass is 35.5. The highest BCUT2D eigenvalue weighted by Crippen LogP contribution is 2.23. The van der Waals surface area contributed by atoms with Gasteiger partial charge in [0.25, 0.3) is 5.91 Å². The Labute approximate surface area is 228 Å². The number of hydrogen-bond acceptors (Lipinski definition) is 4. The number of para-hydroxylation sites is 1. The van der Waals surface area contributed by atoms with E-state index in [1.165, 1.54) is 4.31 Å². The van der Waals surface area contributed by atoms with E-state index in [2.05, 4.69) is 34.2 Å². The number of rotatable bonds is 8. The van der Waals surface area contributed by atoms with Crippen molar-refractivity contribution < 1.29 is 13.2 Å². The number of anilines is 1. The summed E-state index contributed by atoms with van der Waals surface area (Å²) >= 11 is 5.94. The average molecular weight is 549 g/mol. The van der Waals surface area contributed by atoms with E-state index in [0.717, 1.165) is 40.0 Å². The maximum Gasteiger partial charge on any atom is 0.271 e. The monoisotopic (exact) mass is 548 g/mol. The lowest BCUT2D eigenvalue weighted by Crippen LogP contribution is -2.29. The Morgan fingerprint density at radius 2 is 1.66 bits per heavy atom. The first-order valence-corrected chi connectivity index (χ1v) is 14.2. The van der Waals surface area contributed by atoms with Gasteiger partial charge >= 0.3 is 0 Å². The van der Waals surface area contributed by atoms with Crippen molar-refractivity contribution >= 4 is 39.4 Å². The molecule has 1 N–H and O–H groups in total. The number of sulfonamides is 1. The van der Waals surface area contributed by atoms with Crippen LogP contribution in [0.2, 0.25) is 5.02 Å². The van der Waals surface area contributed by atoms with Gasteiger partial charge in [0.05, 0.1) is 24.7 Å². The minimum atomic E-state index is -3.56. The summed E-state index contributed by atoms with van der Waals surface area (Å²) in [5.41, 5.74) is 9.39. The summed E-state index contributed by atoms with van der Waals surface area (Å²) in [4.78, 5) is 12.7. The summed E-state index contributed by atoms with van der Waals surface area (Å²) in [6.07, 6.45) is 2.77. The molecule has 0 fully saturated rings. The minimum Gasteiger partial charge on any atom is -0.318 e. The van der Waals surface area contributed by atoms with Crippen molar-refractivity contribution in [1.29, 1.82) is 0 Å². The van der Waals surface area contributed by atoms with E-state index in [4.69, 9.17) is 11.6 Å². The Hall–Kier alpha value is -3.88. The number of carbonyl (C=O) groups excluding carboxylic acids is 1. The van der Waals surface area contributed by atoms with Crippen molar-refractivity contribution in [2.75, 3.05) is 10.6 Å². The molecule has 196 valence electrons. The van der Waals surface area contributed by atoms with Crippen molar-refractivity contribution in [3.8, 4) is 5.69 Å². The molecule has 1 amide bonds. The molecule has 38 heavy (non-hydrogen) atoms. The standard InChI is InChI=1S/C29H29ClN4O3S/c1-20-7-5-6-8-28(20)34-21(2)17-25(22(34)3)18-31-32-29(35)24-11-15-27(16-12-24)33(38(4,36)37)19-23-9-13-26(30)14-10-23/h5-18H,19H2,1-4H3,(H,32,35)/b31-18+. The van der Waals surface area contributed by atoms with Gasteiger partial charge in [0, 0.05) is 33.2 Å². The molecular formula is C29H29ClN4O3S. The number of nitrogens with zero attached hydrogens (tertiary/aromatic N) is 3. The van der Waals surface area contributed by atoms with Crippen LogP contribution in [0.5, 0.6) is 0 Å². The molecule has 4 rings (SSSR count). The normalized spacial score (nSPS) is 11.6. The van der Waals surface area contributed by atoms with Crippen molar-refractivity contribution in [3.05, 3.63) is 118 Å². The second-order valence-corrected chi connectivity index (χ2v) is 11.4. The number of benzene rings is 3. The van der Waals surface area contributed by atoms with Gasteiger partial charge in [0.1, 0.15) is 0 Å². The van der Waals surface area contributed by atoms with E-state index >= 15 is 0 Å². The number of aromatic nitrogens is 1. The maximum absolute atomic E-state index is 12.7. The molecule has 9 heteroatoms. The Balaban J connectivity index is 1.47. The molecule has 0 unspecified atom stereocenters. The third kappa shape index (κ3) is 6.15. The molecule has 0 atom stereocenters. The number of amides is 1. The van der Waals surface area contributed by atoms with Crippen LogP contribution in [-0.2, 0) is 16.6 Å². The van der Waals surface area contributed by atoms with Crippen molar-refractivity contribution in [2.24, 2.45) is 5.10 Å². The zero-order valence-corrected chi connectivity index (χ0v) is 23.2. The van der Waals surface area contributed by atoms with Crippen molar-refractivity contribution in [1.82, 2.24) is 9.99 Å². The number of aryl methyl sites for hydroxylation is 2. The van der Waals surface area contributed by atoms with Crippen molar-refractivity contribution in [2.45, 2.75) is 27.3 Å². The number of hydrogen-bond donors (Lipinski definition) is 1. The summed E-state index contributed by atoms with van der Waals surface area (Å²) < 4.78 is 28.4. The van der Waals surface area contributed by atoms with E-state index in [1.807, 2.05) is 32.0 Å². The van der Waals surface area contributed by atoms with Gasteiger partial charge < -0.3 is 4.57 Å². The van der Waals surface area contributed by atoms with Crippen LogP contribution in [0.4, 0.5) is 5.69 Å². The molecule has 3 aromatic carbocycles. The molecule has 0 radical (unpaired) electrons. The van der Waals surface area contributed by atoms with Crippen LogP contribution in [0.15, 0.2) is 84.0 Å². The Kier molecular flexibility index (Phi) is 8.04. The second kappa shape index (κ2) is 11.2. The smallest absolute Gasteiger partial charge is 0.271 e. The molecule has 0 saturated heterocycles. The molecule has 7 nitrogen and oxygen atoms in total. The SMILES string of the molecule is Cc1ccccc1-n1c(C)cc(/C=N/NC(=O)c2ccc(N(Cc3ccc(Cl)cc3)S(C)(=O)=O)cc2)c1C. The van der Waals surface area contributed by atoms with E-state index in [1.54, 1.807) is 54.7 Å². The van der Waals surface area contributed by atoms with Gasteiger partial charge in [0.15, 0.2) is 0 Å². The number of carbonyl (C=O) groups is 1. The van der Waals surface area contributed by atoms with Crippen LogP contribution in [0.25, 0.3) is 5.69 Å². The number of halogens is 1. The predicted molar refractivity (Wildman–Crippen MR) is 154 cm³/mol. The lowest BCUT2D eigenvalue weighted by Gasteiger charge is -2.22. The lowest BCUT2D eigenvalue weighted by molar-refractivity contribution is 0.0955. The minimum absolute atomic E-state index is 0.146. The van der Waals surface area contributed by atoms with Gasteiger partial charge in [-0.3, -0.25) is 9.10 Å². The van der Waals surface area contributed by atoms with Crippen LogP contribution in [-0.4, -0.2) is 31.4 Å². The fourth-order valence-electron chi connectivity index (χ4n) is 4.26. The van der Waals surface area contributed by atoms with E-state index in [-0.39, 0.29) is 6.54 Å². The molecule has 4 aromatic rings. The largest absolute Gasteiger partial charge is 0.318 e. The number of nitrogens with one attached hydrogen (secondary N) is 1. The molecule has 0 aliphatic carbocycles. The first kappa shape index (κ1) is 27.2. The first-order valence-electron chi connectivity index (χ1n) is 11.9. The molecular weight excluding hydrogens is 520 g/mol. The highest BCUT2D eigenvalue weighted by Gasteiger charge is 2.18. The van der Waals surface area contributed by atoms with E-state index < -0.39 is 15.9 Å². The van der Waals surface area contributed by atoms with E-state index in [0.29, 0.717) is 16.3 Å². The Morgan fingerprint density at radius 1 is 1.00 bits per heavy atom. The Morgan fingerprint density at radius 3 is 2.29 bits per heavy atom. The zero-order chi connectivity index (χ0) is 27.4. The highest BCUT2D eigenvalue weighted by molar-refractivity contribution is 7.92. The summed E-state index contributed by atoms with van der Waals surface area (Å²) in [6, 6.07) is 23.5. The van der Waals surface area contributed by atoms with Gasteiger partial charge in [-0.05, 0) is 80.4 Å². The zero-order valence-electron chi connectivity index (χ0n) is 21.6. The van der Waals surface area contributed by atoms with Crippen molar-refractivity contribution in [3.63, 3.8) is 0 Å². The van der Waals surface area contributed by atoms with Gasteiger partial charge in [-0.2, -0.15) is 5.10 Å². The molecule has 0 aliphatic heterocycles. The van der Waals surface area contributed by atoms with Crippen LogP contribution in [0.1, 0.15) is 38.4 Å². The van der Waals surface area contributed by atoms with Gasteiger partial charge in [-0.1, -0.05) is 41.9 Å².